The molecule has 25 heavy (non-hydrogen) atoms. The normalized spacial score (nSPS) is 19.8. The first kappa shape index (κ1) is 18.8. The van der Waals surface area contributed by atoms with E-state index in [-0.39, 0.29) is 5.25 Å². The Bertz CT molecular complexity index is 880. The molecule has 0 radical (unpaired) electrons. The fourth-order valence-electron chi connectivity index (χ4n) is 3.23. The highest BCUT2D eigenvalue weighted by Crippen LogP contribution is 2.38. The Balaban J connectivity index is 1.84. The van der Waals surface area contributed by atoms with E-state index in [0.29, 0.717) is 29.4 Å². The van der Waals surface area contributed by atoms with Crippen molar-refractivity contribution in [3.63, 3.8) is 0 Å². The summed E-state index contributed by atoms with van der Waals surface area (Å²) < 4.78 is 29.5. The quantitative estimate of drug-likeness (QED) is 0.791. The van der Waals surface area contributed by atoms with Crippen LogP contribution < -0.4 is 0 Å². The zero-order chi connectivity index (χ0) is 18.2. The van der Waals surface area contributed by atoms with E-state index in [1.165, 1.54) is 0 Å². The summed E-state index contributed by atoms with van der Waals surface area (Å²) in [5.74, 6) is 0.744. The van der Waals surface area contributed by atoms with Gasteiger partial charge >= 0.3 is 0 Å². The Morgan fingerprint density at radius 1 is 1.24 bits per heavy atom. The Kier molecular flexibility index (Phi) is 5.48. The van der Waals surface area contributed by atoms with Crippen molar-refractivity contribution >= 4 is 33.4 Å². The van der Waals surface area contributed by atoms with Gasteiger partial charge in [0.05, 0.1) is 11.4 Å². The van der Waals surface area contributed by atoms with E-state index in [0.717, 1.165) is 22.8 Å². The van der Waals surface area contributed by atoms with Crippen LogP contribution in [0.25, 0.3) is 0 Å². The van der Waals surface area contributed by atoms with Crippen molar-refractivity contribution in [3.8, 4) is 0 Å². The van der Waals surface area contributed by atoms with Crippen LogP contribution in [0, 0.1) is 13.8 Å². The zero-order valence-corrected chi connectivity index (χ0v) is 17.0. The lowest BCUT2D eigenvalue weighted by Gasteiger charge is -2.20. The molecule has 0 saturated carbocycles. The van der Waals surface area contributed by atoms with Gasteiger partial charge in [-0.15, -0.1) is 0 Å². The summed E-state index contributed by atoms with van der Waals surface area (Å²) in [5, 5.41) is 5.22. The van der Waals surface area contributed by atoms with Crippen LogP contribution in [-0.4, -0.2) is 41.3 Å². The Morgan fingerprint density at radius 3 is 2.60 bits per heavy atom. The first-order valence-corrected chi connectivity index (χ1v) is 11.1. The molecule has 0 N–H and O–H groups in total. The minimum absolute atomic E-state index is 0.213. The smallest absolute Gasteiger partial charge is 0.246 e. The lowest BCUT2D eigenvalue weighted by Crippen LogP contribution is -2.33. The zero-order valence-electron chi connectivity index (χ0n) is 14.6. The molecule has 1 unspecified atom stereocenters. The maximum absolute atomic E-state index is 13.1. The van der Waals surface area contributed by atoms with Crippen LogP contribution in [-0.2, 0) is 17.1 Å². The van der Waals surface area contributed by atoms with Gasteiger partial charge in [-0.2, -0.15) is 21.2 Å². The number of sulfonamides is 1. The van der Waals surface area contributed by atoms with Crippen LogP contribution in [0.4, 0.5) is 0 Å². The molecule has 1 aliphatic heterocycles. The summed E-state index contributed by atoms with van der Waals surface area (Å²) in [6.45, 7) is 4.53. The maximum Gasteiger partial charge on any atom is 0.246 e. The average Bonchev–Trinajstić information content (AvgIpc) is 2.74. The molecule has 0 aliphatic carbocycles. The molecular weight excluding hydrogens is 378 g/mol. The second-order valence-electron chi connectivity index (χ2n) is 6.20. The molecular formula is C17H22ClN3O2S2. The standard InChI is InChI=1S/C17H22ClN3O2S2/c1-12-17(13(2)20(3)19-12)25(22,23)21-9-8-16(24-11-10-21)14-6-4-5-7-15(14)18/h4-7,16H,8-11H2,1-3H3. The van der Waals surface area contributed by atoms with Crippen molar-refractivity contribution in [2.24, 2.45) is 7.05 Å². The van der Waals surface area contributed by atoms with Gasteiger partial charge in [0.1, 0.15) is 4.90 Å². The van der Waals surface area contributed by atoms with E-state index < -0.39 is 10.0 Å². The van der Waals surface area contributed by atoms with Crippen LogP contribution in [0.15, 0.2) is 29.2 Å². The van der Waals surface area contributed by atoms with Gasteiger partial charge in [0.2, 0.25) is 10.0 Å². The van der Waals surface area contributed by atoms with Gasteiger partial charge in [0.15, 0.2) is 0 Å². The van der Waals surface area contributed by atoms with Crippen molar-refractivity contribution in [2.75, 3.05) is 18.8 Å². The van der Waals surface area contributed by atoms with Crippen LogP contribution >= 0.6 is 23.4 Å². The second-order valence-corrected chi connectivity index (χ2v) is 9.79. The van der Waals surface area contributed by atoms with Crippen LogP contribution in [0.1, 0.15) is 28.6 Å². The van der Waals surface area contributed by atoms with Gasteiger partial charge in [-0.3, -0.25) is 4.68 Å². The molecule has 1 fully saturated rings. The Hall–Kier alpha value is -1.02. The summed E-state index contributed by atoms with van der Waals surface area (Å²) in [7, 11) is -1.77. The molecule has 1 aromatic carbocycles. The van der Waals surface area contributed by atoms with Gasteiger partial charge in [0.25, 0.3) is 0 Å². The topological polar surface area (TPSA) is 55.2 Å². The average molecular weight is 400 g/mol. The van der Waals surface area contributed by atoms with Crippen LogP contribution in [0.2, 0.25) is 5.02 Å². The number of halogens is 1. The summed E-state index contributed by atoms with van der Waals surface area (Å²) >= 11 is 8.09. The number of benzene rings is 1. The number of rotatable bonds is 3. The minimum Gasteiger partial charge on any atom is -0.271 e. The van der Waals surface area contributed by atoms with Gasteiger partial charge in [-0.05, 0) is 31.9 Å². The third-order valence-electron chi connectivity index (χ3n) is 4.59. The van der Waals surface area contributed by atoms with Crippen LogP contribution in [0.3, 0.4) is 0 Å². The highest BCUT2D eigenvalue weighted by molar-refractivity contribution is 7.99. The summed E-state index contributed by atoms with van der Waals surface area (Å²) in [6.07, 6.45) is 0.742. The SMILES string of the molecule is Cc1nn(C)c(C)c1S(=O)(=O)N1CCSC(c2ccccc2Cl)CC1. The summed E-state index contributed by atoms with van der Waals surface area (Å²) in [4.78, 5) is 0.344. The molecule has 1 saturated heterocycles. The maximum atomic E-state index is 13.1. The predicted octanol–water partition coefficient (Wildman–Crippen LogP) is 3.56. The third-order valence-corrected chi connectivity index (χ3v) is 8.40. The molecule has 1 aliphatic rings. The van der Waals surface area contributed by atoms with E-state index >= 15 is 0 Å². The van der Waals surface area contributed by atoms with Gasteiger partial charge in [0, 0.05) is 36.2 Å². The van der Waals surface area contributed by atoms with E-state index in [4.69, 9.17) is 11.6 Å². The molecule has 2 aromatic rings. The second kappa shape index (κ2) is 7.31. The van der Waals surface area contributed by atoms with E-state index in [9.17, 15) is 8.42 Å². The number of hydrogen-bond donors (Lipinski definition) is 0. The van der Waals surface area contributed by atoms with E-state index in [1.807, 2.05) is 24.3 Å². The number of nitrogens with zero attached hydrogens (tertiary/aromatic N) is 3. The lowest BCUT2D eigenvalue weighted by atomic mass is 10.1. The highest BCUT2D eigenvalue weighted by Gasteiger charge is 2.32. The Labute approximate surface area is 158 Å². The largest absolute Gasteiger partial charge is 0.271 e. The summed E-state index contributed by atoms with van der Waals surface area (Å²) in [5.41, 5.74) is 2.32. The minimum atomic E-state index is -3.54. The molecule has 2 heterocycles. The molecule has 5 nitrogen and oxygen atoms in total. The number of aromatic nitrogens is 2. The van der Waals surface area contributed by atoms with Gasteiger partial charge in [-0.1, -0.05) is 29.8 Å². The fraction of sp³-hybridized carbons (Fsp3) is 0.471. The third kappa shape index (κ3) is 3.60. The number of hydrogen-bond acceptors (Lipinski definition) is 4. The van der Waals surface area contributed by atoms with E-state index in [2.05, 4.69) is 5.10 Å². The molecule has 1 atom stereocenters. The van der Waals surface area contributed by atoms with Crippen molar-refractivity contribution in [2.45, 2.75) is 30.4 Å². The van der Waals surface area contributed by atoms with Crippen molar-refractivity contribution in [1.82, 2.24) is 14.1 Å². The lowest BCUT2D eigenvalue weighted by molar-refractivity contribution is 0.427. The molecule has 136 valence electrons. The first-order chi connectivity index (χ1) is 11.8. The molecule has 0 amide bonds. The predicted molar refractivity (Wildman–Crippen MR) is 103 cm³/mol. The monoisotopic (exact) mass is 399 g/mol. The van der Waals surface area contributed by atoms with E-state index in [1.54, 1.807) is 41.6 Å². The van der Waals surface area contributed by atoms with Crippen molar-refractivity contribution in [3.05, 3.63) is 46.2 Å². The van der Waals surface area contributed by atoms with Crippen LogP contribution in [0.5, 0.6) is 0 Å². The van der Waals surface area contributed by atoms with Gasteiger partial charge < -0.3 is 0 Å². The van der Waals surface area contributed by atoms with Gasteiger partial charge in [-0.25, -0.2) is 8.42 Å². The molecule has 0 bridgehead atoms. The van der Waals surface area contributed by atoms with Crippen molar-refractivity contribution in [1.29, 1.82) is 0 Å². The molecule has 3 rings (SSSR count). The molecule has 8 heteroatoms. The number of aryl methyl sites for hydroxylation is 2. The number of thioether (sulfide) groups is 1. The highest BCUT2D eigenvalue weighted by atomic mass is 35.5. The Morgan fingerprint density at radius 2 is 1.96 bits per heavy atom. The summed E-state index contributed by atoms with van der Waals surface area (Å²) in [6, 6.07) is 7.81. The van der Waals surface area contributed by atoms with Crippen molar-refractivity contribution < 1.29 is 8.42 Å². The fourth-order valence-corrected chi connectivity index (χ4v) is 6.80. The first-order valence-electron chi connectivity index (χ1n) is 8.18. The molecule has 0 spiro atoms. The molecule has 1 aromatic heterocycles.